The van der Waals surface area contributed by atoms with Gasteiger partial charge in [-0.2, -0.15) is 4.98 Å². The standard InChI is InChI=1S/C28H30N6O3/c1-3-27(35)30-22-18-21(24(36-2)19-25(22)37-17-16-33-13-6-7-14-33)31-28-29-12-10-26(32-28)34-15-11-20-8-4-5-9-23(20)34/h3-5,8-12,15,18-19H,1,6-7,13-14,16-17H2,2H3,(H,30,35)(H,29,31,32). The lowest BCUT2D eigenvalue weighted by atomic mass is 10.2. The maximum atomic E-state index is 12.2. The van der Waals surface area contributed by atoms with Gasteiger partial charge in [-0.1, -0.05) is 24.8 Å². The summed E-state index contributed by atoms with van der Waals surface area (Å²) in [7, 11) is 1.58. The Bertz CT molecular complexity index is 1410. The highest BCUT2D eigenvalue weighted by atomic mass is 16.5. The predicted octanol–water partition coefficient (Wildman–Crippen LogP) is 4.77. The van der Waals surface area contributed by atoms with E-state index in [2.05, 4.69) is 33.2 Å². The number of rotatable bonds is 10. The van der Waals surface area contributed by atoms with Crippen molar-refractivity contribution in [3.63, 3.8) is 0 Å². The molecule has 0 saturated carbocycles. The molecule has 0 unspecified atom stereocenters. The van der Waals surface area contributed by atoms with Gasteiger partial charge in [0.25, 0.3) is 0 Å². The third-order valence-electron chi connectivity index (χ3n) is 6.34. The van der Waals surface area contributed by atoms with Crippen LogP contribution in [-0.4, -0.2) is 58.7 Å². The first-order chi connectivity index (χ1) is 18.1. The first-order valence-electron chi connectivity index (χ1n) is 12.3. The van der Waals surface area contributed by atoms with Gasteiger partial charge in [0.1, 0.15) is 23.9 Å². The summed E-state index contributed by atoms with van der Waals surface area (Å²) < 4.78 is 13.7. The quantitative estimate of drug-likeness (QED) is 0.304. The maximum absolute atomic E-state index is 12.2. The first-order valence-corrected chi connectivity index (χ1v) is 12.3. The van der Waals surface area contributed by atoms with Gasteiger partial charge in [0.05, 0.1) is 24.0 Å². The molecule has 9 nitrogen and oxygen atoms in total. The zero-order valence-corrected chi connectivity index (χ0v) is 20.8. The lowest BCUT2D eigenvalue weighted by Gasteiger charge is -2.19. The van der Waals surface area contributed by atoms with Crippen LogP contribution >= 0.6 is 0 Å². The largest absolute Gasteiger partial charge is 0.494 e. The molecule has 0 aliphatic carbocycles. The number of nitrogens with one attached hydrogen (secondary N) is 2. The molecular formula is C28H30N6O3. The third kappa shape index (κ3) is 5.57. The van der Waals surface area contributed by atoms with Gasteiger partial charge in [0.2, 0.25) is 11.9 Å². The molecule has 1 fully saturated rings. The summed E-state index contributed by atoms with van der Waals surface area (Å²) in [6, 6.07) is 15.5. The number of aromatic nitrogens is 3. The zero-order chi connectivity index (χ0) is 25.6. The molecule has 1 saturated heterocycles. The van der Waals surface area contributed by atoms with Gasteiger partial charge in [-0.3, -0.25) is 9.69 Å². The highest BCUT2D eigenvalue weighted by Crippen LogP contribution is 2.38. The molecule has 1 aliphatic heterocycles. The highest BCUT2D eigenvalue weighted by molar-refractivity contribution is 6.00. The first kappa shape index (κ1) is 24.3. The van der Waals surface area contributed by atoms with Crippen molar-refractivity contribution in [1.82, 2.24) is 19.4 Å². The van der Waals surface area contributed by atoms with Gasteiger partial charge >= 0.3 is 0 Å². The van der Waals surface area contributed by atoms with Crippen LogP contribution in [0.25, 0.3) is 16.7 Å². The van der Waals surface area contributed by atoms with Crippen LogP contribution in [0.1, 0.15) is 12.8 Å². The number of carbonyl (C=O) groups is 1. The normalized spacial score (nSPS) is 13.4. The van der Waals surface area contributed by atoms with Crippen molar-refractivity contribution in [2.24, 2.45) is 0 Å². The summed E-state index contributed by atoms with van der Waals surface area (Å²) in [5.41, 5.74) is 2.14. The molecule has 0 bridgehead atoms. The van der Waals surface area contributed by atoms with Crippen molar-refractivity contribution in [2.45, 2.75) is 12.8 Å². The average Bonchev–Trinajstić information content (AvgIpc) is 3.60. The molecule has 1 aliphatic rings. The van der Waals surface area contributed by atoms with E-state index in [1.807, 2.05) is 41.1 Å². The number of hydrogen-bond acceptors (Lipinski definition) is 7. The van der Waals surface area contributed by atoms with Crippen LogP contribution in [0, 0.1) is 0 Å². The van der Waals surface area contributed by atoms with E-state index < -0.39 is 0 Å². The summed E-state index contributed by atoms with van der Waals surface area (Å²) in [5.74, 6) is 1.83. The van der Waals surface area contributed by atoms with Crippen LogP contribution in [0.2, 0.25) is 0 Å². The number of carbonyl (C=O) groups excluding carboxylic acids is 1. The Morgan fingerprint density at radius 1 is 1.11 bits per heavy atom. The van der Waals surface area contributed by atoms with E-state index in [1.54, 1.807) is 25.4 Å². The fraction of sp³-hybridized carbons (Fsp3) is 0.250. The summed E-state index contributed by atoms with van der Waals surface area (Å²) in [4.78, 5) is 23.6. The minimum Gasteiger partial charge on any atom is -0.494 e. The number of methoxy groups -OCH3 is 1. The maximum Gasteiger partial charge on any atom is 0.247 e. The molecule has 5 rings (SSSR count). The van der Waals surface area contributed by atoms with E-state index in [-0.39, 0.29) is 5.91 Å². The molecule has 2 aromatic carbocycles. The van der Waals surface area contributed by atoms with Crippen molar-refractivity contribution in [2.75, 3.05) is 44.0 Å². The lowest BCUT2D eigenvalue weighted by Crippen LogP contribution is -2.25. The van der Waals surface area contributed by atoms with E-state index >= 15 is 0 Å². The van der Waals surface area contributed by atoms with Crippen molar-refractivity contribution >= 4 is 34.1 Å². The highest BCUT2D eigenvalue weighted by Gasteiger charge is 2.16. The fourth-order valence-electron chi connectivity index (χ4n) is 4.47. The van der Waals surface area contributed by atoms with Gasteiger partial charge in [0.15, 0.2) is 0 Å². The molecular weight excluding hydrogens is 468 g/mol. The van der Waals surface area contributed by atoms with E-state index in [9.17, 15) is 4.79 Å². The Labute approximate surface area is 215 Å². The molecule has 37 heavy (non-hydrogen) atoms. The number of likely N-dealkylation sites (tertiary alicyclic amines) is 1. The summed E-state index contributed by atoms with van der Waals surface area (Å²) in [5, 5.41) is 7.19. The molecule has 1 amide bonds. The van der Waals surface area contributed by atoms with Crippen LogP contribution in [-0.2, 0) is 4.79 Å². The molecule has 2 aromatic heterocycles. The van der Waals surface area contributed by atoms with E-state index in [0.717, 1.165) is 36.4 Å². The lowest BCUT2D eigenvalue weighted by molar-refractivity contribution is -0.111. The van der Waals surface area contributed by atoms with Gasteiger partial charge < -0.3 is 24.7 Å². The molecule has 0 spiro atoms. The van der Waals surface area contributed by atoms with Crippen LogP contribution in [0.3, 0.4) is 0 Å². The topological polar surface area (TPSA) is 93.5 Å². The third-order valence-corrected chi connectivity index (χ3v) is 6.34. The Morgan fingerprint density at radius 3 is 2.76 bits per heavy atom. The number of benzene rings is 2. The summed E-state index contributed by atoms with van der Waals surface area (Å²) >= 11 is 0. The number of nitrogens with zero attached hydrogens (tertiary/aromatic N) is 4. The monoisotopic (exact) mass is 498 g/mol. The zero-order valence-electron chi connectivity index (χ0n) is 20.8. The Hall–Kier alpha value is -4.37. The molecule has 9 heteroatoms. The Morgan fingerprint density at radius 2 is 1.95 bits per heavy atom. The van der Waals surface area contributed by atoms with Crippen LogP contribution in [0.5, 0.6) is 11.5 Å². The second kappa shape index (κ2) is 11.1. The Kier molecular flexibility index (Phi) is 7.32. The van der Waals surface area contributed by atoms with Crippen LogP contribution in [0.4, 0.5) is 17.3 Å². The summed E-state index contributed by atoms with van der Waals surface area (Å²) in [6.07, 6.45) is 7.34. The van der Waals surface area contributed by atoms with E-state index in [0.29, 0.717) is 35.4 Å². The van der Waals surface area contributed by atoms with Crippen molar-refractivity contribution in [3.05, 3.63) is 73.6 Å². The average molecular weight is 499 g/mol. The van der Waals surface area contributed by atoms with E-state index in [1.165, 1.54) is 18.9 Å². The minimum absolute atomic E-state index is 0.335. The Balaban J connectivity index is 1.41. The van der Waals surface area contributed by atoms with Gasteiger partial charge in [-0.05, 0) is 61.7 Å². The van der Waals surface area contributed by atoms with Crippen molar-refractivity contribution in [3.8, 4) is 17.3 Å². The summed E-state index contributed by atoms with van der Waals surface area (Å²) in [6.45, 7) is 7.07. The number of amides is 1. The van der Waals surface area contributed by atoms with Crippen molar-refractivity contribution < 1.29 is 14.3 Å². The van der Waals surface area contributed by atoms with Crippen LogP contribution in [0.15, 0.2) is 73.6 Å². The predicted molar refractivity (Wildman–Crippen MR) is 145 cm³/mol. The molecule has 4 aromatic rings. The molecule has 2 N–H and O–H groups in total. The van der Waals surface area contributed by atoms with Gasteiger partial charge in [-0.15, -0.1) is 0 Å². The second-order valence-electron chi connectivity index (χ2n) is 8.75. The molecule has 0 radical (unpaired) electrons. The van der Waals surface area contributed by atoms with Crippen molar-refractivity contribution in [1.29, 1.82) is 0 Å². The number of ether oxygens (including phenoxy) is 2. The van der Waals surface area contributed by atoms with Gasteiger partial charge in [0, 0.05) is 25.0 Å². The number of hydrogen-bond donors (Lipinski definition) is 2. The number of anilines is 3. The van der Waals surface area contributed by atoms with E-state index in [4.69, 9.17) is 14.5 Å². The molecule has 0 atom stereocenters. The SMILES string of the molecule is C=CC(=O)Nc1cc(Nc2nccc(-n3ccc4ccccc43)n2)c(OC)cc1OCCN1CCCC1. The fourth-order valence-corrected chi connectivity index (χ4v) is 4.47. The second-order valence-corrected chi connectivity index (χ2v) is 8.75. The number of para-hydroxylation sites is 1. The van der Waals surface area contributed by atoms with Gasteiger partial charge in [-0.25, -0.2) is 4.98 Å². The molecule has 190 valence electrons. The molecule has 3 heterocycles. The minimum atomic E-state index is -0.335. The smallest absolute Gasteiger partial charge is 0.247 e. The number of fused-ring (bicyclic) bond motifs is 1. The van der Waals surface area contributed by atoms with Crippen LogP contribution < -0.4 is 20.1 Å².